The van der Waals surface area contributed by atoms with Crippen LogP contribution < -0.4 is 5.73 Å². The Labute approximate surface area is 122 Å². The van der Waals surface area contributed by atoms with Crippen LogP contribution in [0.2, 0.25) is 0 Å². The maximum Gasteiger partial charge on any atom is 0.0637 e. The van der Waals surface area contributed by atoms with Crippen molar-refractivity contribution in [3.63, 3.8) is 0 Å². The molecule has 1 atom stereocenters. The normalized spacial score (nSPS) is 14.1. The maximum atomic E-state index is 6.64. The number of rotatable bonds is 4. The molecule has 0 fully saturated rings. The SMILES string of the molecule is CCCc1cccc(C(C)(N)c2ccc(C)c(C)c2)c1. The average Bonchev–Trinajstić information content (AvgIpc) is 2.42. The van der Waals surface area contributed by atoms with Gasteiger partial charge in [0.15, 0.2) is 0 Å². The molecule has 2 aromatic carbocycles. The molecule has 20 heavy (non-hydrogen) atoms. The Kier molecular flexibility index (Phi) is 4.29. The number of hydrogen-bond acceptors (Lipinski definition) is 1. The topological polar surface area (TPSA) is 26.0 Å². The van der Waals surface area contributed by atoms with Crippen LogP contribution >= 0.6 is 0 Å². The molecule has 0 saturated heterocycles. The van der Waals surface area contributed by atoms with Crippen molar-refractivity contribution in [3.05, 3.63) is 70.3 Å². The summed E-state index contributed by atoms with van der Waals surface area (Å²) in [7, 11) is 0. The lowest BCUT2D eigenvalue weighted by molar-refractivity contribution is 0.601. The third kappa shape index (κ3) is 2.94. The molecule has 2 N–H and O–H groups in total. The molecule has 2 aromatic rings. The van der Waals surface area contributed by atoms with Crippen molar-refractivity contribution in [2.45, 2.75) is 46.1 Å². The first-order valence-corrected chi connectivity index (χ1v) is 7.41. The second kappa shape index (κ2) is 5.80. The Balaban J connectivity index is 2.42. The van der Waals surface area contributed by atoms with Crippen molar-refractivity contribution in [2.24, 2.45) is 5.73 Å². The van der Waals surface area contributed by atoms with E-state index < -0.39 is 5.54 Å². The van der Waals surface area contributed by atoms with Gasteiger partial charge in [-0.1, -0.05) is 55.8 Å². The van der Waals surface area contributed by atoms with Crippen LogP contribution in [0.15, 0.2) is 42.5 Å². The van der Waals surface area contributed by atoms with E-state index in [-0.39, 0.29) is 0 Å². The Morgan fingerprint density at radius 2 is 1.65 bits per heavy atom. The number of hydrogen-bond donors (Lipinski definition) is 1. The van der Waals surface area contributed by atoms with E-state index >= 15 is 0 Å². The molecule has 0 aliphatic heterocycles. The Morgan fingerprint density at radius 3 is 2.30 bits per heavy atom. The van der Waals surface area contributed by atoms with Crippen LogP contribution in [0.5, 0.6) is 0 Å². The summed E-state index contributed by atoms with van der Waals surface area (Å²) < 4.78 is 0. The fourth-order valence-corrected chi connectivity index (χ4v) is 2.57. The molecule has 0 amide bonds. The lowest BCUT2D eigenvalue weighted by Gasteiger charge is -2.27. The standard InChI is InChI=1S/C19H25N/c1-5-7-16-8-6-9-17(13-16)19(4,20)18-11-10-14(2)15(3)12-18/h6,8-13H,5,7,20H2,1-4H3. The van der Waals surface area contributed by atoms with E-state index in [2.05, 4.69) is 70.2 Å². The van der Waals surface area contributed by atoms with E-state index in [4.69, 9.17) is 5.73 Å². The zero-order valence-electron chi connectivity index (χ0n) is 13.0. The van der Waals surface area contributed by atoms with Crippen LogP contribution in [0, 0.1) is 13.8 Å². The van der Waals surface area contributed by atoms with E-state index in [1.54, 1.807) is 0 Å². The summed E-state index contributed by atoms with van der Waals surface area (Å²) >= 11 is 0. The van der Waals surface area contributed by atoms with Crippen LogP contribution in [0.25, 0.3) is 0 Å². The highest BCUT2D eigenvalue weighted by Gasteiger charge is 2.24. The van der Waals surface area contributed by atoms with Gasteiger partial charge >= 0.3 is 0 Å². The van der Waals surface area contributed by atoms with Crippen molar-refractivity contribution in [2.75, 3.05) is 0 Å². The lowest BCUT2D eigenvalue weighted by Crippen LogP contribution is -2.34. The molecule has 1 nitrogen and oxygen atoms in total. The third-order valence-corrected chi connectivity index (χ3v) is 4.17. The van der Waals surface area contributed by atoms with Crippen molar-refractivity contribution in [3.8, 4) is 0 Å². The predicted octanol–water partition coefficient (Wildman–Crippen LogP) is 4.48. The Morgan fingerprint density at radius 1 is 0.950 bits per heavy atom. The smallest absolute Gasteiger partial charge is 0.0637 e. The molecular weight excluding hydrogens is 242 g/mol. The predicted molar refractivity (Wildman–Crippen MR) is 87.0 cm³/mol. The summed E-state index contributed by atoms with van der Waals surface area (Å²) in [5.41, 5.74) is 12.5. The van der Waals surface area contributed by atoms with E-state index in [1.165, 1.54) is 27.8 Å². The summed E-state index contributed by atoms with van der Waals surface area (Å²) in [5, 5.41) is 0. The molecule has 0 aliphatic rings. The molecule has 106 valence electrons. The molecule has 0 aliphatic carbocycles. The van der Waals surface area contributed by atoms with E-state index in [0.29, 0.717) is 0 Å². The van der Waals surface area contributed by atoms with Crippen molar-refractivity contribution in [1.29, 1.82) is 0 Å². The molecule has 0 spiro atoms. The van der Waals surface area contributed by atoms with Crippen LogP contribution in [0.4, 0.5) is 0 Å². The largest absolute Gasteiger partial charge is 0.318 e. The highest BCUT2D eigenvalue weighted by Crippen LogP contribution is 2.28. The third-order valence-electron chi connectivity index (χ3n) is 4.17. The molecule has 2 rings (SSSR count). The van der Waals surface area contributed by atoms with Crippen LogP contribution in [-0.2, 0) is 12.0 Å². The summed E-state index contributed by atoms with van der Waals surface area (Å²) in [5.74, 6) is 0. The Bertz CT molecular complexity index is 596. The number of aryl methyl sites for hydroxylation is 3. The second-order valence-electron chi connectivity index (χ2n) is 5.95. The zero-order valence-corrected chi connectivity index (χ0v) is 13.0. The van der Waals surface area contributed by atoms with Gasteiger partial charge in [-0.05, 0) is 55.0 Å². The molecule has 1 unspecified atom stereocenters. The van der Waals surface area contributed by atoms with Crippen LogP contribution in [0.1, 0.15) is 48.1 Å². The van der Waals surface area contributed by atoms with E-state index in [0.717, 1.165) is 12.8 Å². The zero-order chi connectivity index (χ0) is 14.8. The van der Waals surface area contributed by atoms with Crippen molar-refractivity contribution >= 4 is 0 Å². The highest BCUT2D eigenvalue weighted by atomic mass is 14.7. The van der Waals surface area contributed by atoms with Crippen molar-refractivity contribution < 1.29 is 0 Å². The van der Waals surface area contributed by atoms with Gasteiger partial charge in [0.2, 0.25) is 0 Å². The fourth-order valence-electron chi connectivity index (χ4n) is 2.57. The first-order valence-electron chi connectivity index (χ1n) is 7.41. The molecule has 0 bridgehead atoms. The van der Waals surface area contributed by atoms with Crippen LogP contribution in [0.3, 0.4) is 0 Å². The number of benzene rings is 2. The summed E-state index contributed by atoms with van der Waals surface area (Å²) in [4.78, 5) is 0. The average molecular weight is 267 g/mol. The number of nitrogens with two attached hydrogens (primary N) is 1. The molecular formula is C19H25N. The molecule has 0 aromatic heterocycles. The van der Waals surface area contributed by atoms with Gasteiger partial charge in [0.25, 0.3) is 0 Å². The molecule has 0 heterocycles. The Hall–Kier alpha value is -1.60. The first kappa shape index (κ1) is 14.8. The van der Waals surface area contributed by atoms with Gasteiger partial charge in [0, 0.05) is 0 Å². The summed E-state index contributed by atoms with van der Waals surface area (Å²) in [6.45, 7) is 8.58. The lowest BCUT2D eigenvalue weighted by atomic mass is 9.83. The molecule has 0 saturated carbocycles. The minimum atomic E-state index is -0.442. The van der Waals surface area contributed by atoms with Gasteiger partial charge in [-0.25, -0.2) is 0 Å². The summed E-state index contributed by atoms with van der Waals surface area (Å²) in [6, 6.07) is 15.2. The maximum absolute atomic E-state index is 6.64. The summed E-state index contributed by atoms with van der Waals surface area (Å²) in [6.07, 6.45) is 2.27. The van der Waals surface area contributed by atoms with Gasteiger partial charge in [-0.15, -0.1) is 0 Å². The van der Waals surface area contributed by atoms with Gasteiger partial charge in [-0.3, -0.25) is 0 Å². The van der Waals surface area contributed by atoms with Crippen molar-refractivity contribution in [1.82, 2.24) is 0 Å². The van der Waals surface area contributed by atoms with Crippen LogP contribution in [-0.4, -0.2) is 0 Å². The second-order valence-corrected chi connectivity index (χ2v) is 5.95. The molecule has 0 radical (unpaired) electrons. The van der Waals surface area contributed by atoms with E-state index in [1.807, 2.05) is 0 Å². The van der Waals surface area contributed by atoms with Gasteiger partial charge in [0.05, 0.1) is 5.54 Å². The first-order chi connectivity index (χ1) is 9.45. The van der Waals surface area contributed by atoms with E-state index in [9.17, 15) is 0 Å². The highest BCUT2D eigenvalue weighted by molar-refractivity contribution is 5.42. The molecule has 1 heteroatoms. The fraction of sp³-hybridized carbons (Fsp3) is 0.368. The van der Waals surface area contributed by atoms with Gasteiger partial charge in [-0.2, -0.15) is 0 Å². The minimum absolute atomic E-state index is 0.442. The quantitative estimate of drug-likeness (QED) is 0.868. The van der Waals surface area contributed by atoms with Gasteiger partial charge < -0.3 is 5.73 Å². The minimum Gasteiger partial charge on any atom is -0.318 e. The van der Waals surface area contributed by atoms with Gasteiger partial charge in [0.1, 0.15) is 0 Å². The monoisotopic (exact) mass is 267 g/mol.